The van der Waals surface area contributed by atoms with Crippen molar-refractivity contribution in [2.45, 2.75) is 19.4 Å². The molecule has 0 bridgehead atoms. The predicted octanol–water partition coefficient (Wildman–Crippen LogP) is 4.50. The van der Waals surface area contributed by atoms with Gasteiger partial charge in [0.25, 0.3) is 0 Å². The Kier molecular flexibility index (Phi) is 5.86. The van der Waals surface area contributed by atoms with E-state index >= 15 is 0 Å². The first-order chi connectivity index (χ1) is 11.0. The summed E-state index contributed by atoms with van der Waals surface area (Å²) in [5.41, 5.74) is 2.20. The largest absolute Gasteiger partial charge is 0.374 e. The van der Waals surface area contributed by atoms with Gasteiger partial charge in [0.15, 0.2) is 0 Å². The summed E-state index contributed by atoms with van der Waals surface area (Å²) in [6.07, 6.45) is 0.365. The van der Waals surface area contributed by atoms with Crippen LogP contribution in [0.15, 0.2) is 42.5 Å². The lowest BCUT2D eigenvalue weighted by Gasteiger charge is -2.16. The molecule has 0 fully saturated rings. The molecule has 2 rings (SSSR count). The topological polar surface area (TPSA) is 64.9 Å². The summed E-state index contributed by atoms with van der Waals surface area (Å²) in [5, 5.41) is 15.4. The lowest BCUT2D eigenvalue weighted by atomic mass is 10.1. The number of anilines is 2. The van der Waals surface area contributed by atoms with Gasteiger partial charge in [-0.1, -0.05) is 35.3 Å². The van der Waals surface area contributed by atoms with E-state index in [9.17, 15) is 4.79 Å². The third-order valence-corrected chi connectivity index (χ3v) is 3.76. The molecule has 0 aliphatic heterocycles. The molecule has 118 valence electrons. The normalized spacial score (nSPS) is 11.4. The maximum absolute atomic E-state index is 12.2. The first-order valence-electron chi connectivity index (χ1n) is 6.98. The van der Waals surface area contributed by atoms with Crippen molar-refractivity contribution in [2.24, 2.45) is 0 Å². The van der Waals surface area contributed by atoms with Crippen LogP contribution < -0.4 is 10.6 Å². The molecule has 2 aromatic carbocycles. The van der Waals surface area contributed by atoms with Crippen molar-refractivity contribution < 1.29 is 4.79 Å². The smallest absolute Gasteiger partial charge is 0.246 e. The van der Waals surface area contributed by atoms with Crippen LogP contribution in [0.4, 0.5) is 11.4 Å². The van der Waals surface area contributed by atoms with Crippen LogP contribution in [0.2, 0.25) is 10.0 Å². The van der Waals surface area contributed by atoms with Gasteiger partial charge < -0.3 is 10.6 Å². The van der Waals surface area contributed by atoms with Crippen LogP contribution in [-0.4, -0.2) is 11.9 Å². The van der Waals surface area contributed by atoms with Crippen LogP contribution in [0.25, 0.3) is 0 Å². The minimum Gasteiger partial charge on any atom is -0.374 e. The Balaban J connectivity index is 1.99. The first-order valence-corrected chi connectivity index (χ1v) is 7.73. The Morgan fingerprint density at radius 3 is 2.57 bits per heavy atom. The molecule has 4 nitrogen and oxygen atoms in total. The van der Waals surface area contributed by atoms with E-state index in [1.165, 1.54) is 0 Å². The molecule has 2 aromatic rings. The quantitative estimate of drug-likeness (QED) is 0.836. The lowest BCUT2D eigenvalue weighted by molar-refractivity contribution is -0.116. The number of amides is 1. The Morgan fingerprint density at radius 2 is 1.91 bits per heavy atom. The molecule has 0 aromatic heterocycles. The number of hydrogen-bond donors (Lipinski definition) is 2. The molecular formula is C17H15Cl2N3O. The fraction of sp³-hybridized carbons (Fsp3) is 0.176. The van der Waals surface area contributed by atoms with Crippen LogP contribution in [0, 0.1) is 11.3 Å². The maximum Gasteiger partial charge on any atom is 0.246 e. The van der Waals surface area contributed by atoms with E-state index in [4.69, 9.17) is 28.5 Å². The van der Waals surface area contributed by atoms with Crippen LogP contribution in [0.1, 0.15) is 12.5 Å². The minimum absolute atomic E-state index is 0.227. The van der Waals surface area contributed by atoms with E-state index in [1.54, 1.807) is 25.1 Å². The molecule has 0 radical (unpaired) electrons. The van der Waals surface area contributed by atoms with Gasteiger partial charge >= 0.3 is 0 Å². The molecule has 6 heteroatoms. The van der Waals surface area contributed by atoms with Gasteiger partial charge in [-0.25, -0.2) is 0 Å². The summed E-state index contributed by atoms with van der Waals surface area (Å²) in [6, 6.07) is 13.9. The van der Waals surface area contributed by atoms with Crippen LogP contribution in [-0.2, 0) is 11.2 Å². The molecule has 0 aliphatic carbocycles. The minimum atomic E-state index is -0.466. The lowest BCUT2D eigenvalue weighted by Crippen LogP contribution is -2.31. The van der Waals surface area contributed by atoms with Gasteiger partial charge in [-0.2, -0.15) is 5.26 Å². The number of nitriles is 1. The summed E-state index contributed by atoms with van der Waals surface area (Å²) in [4.78, 5) is 12.2. The highest BCUT2D eigenvalue weighted by atomic mass is 35.5. The van der Waals surface area contributed by atoms with Gasteiger partial charge in [0.05, 0.1) is 23.2 Å². The van der Waals surface area contributed by atoms with E-state index in [-0.39, 0.29) is 5.91 Å². The van der Waals surface area contributed by atoms with Crippen molar-refractivity contribution in [3.8, 4) is 6.07 Å². The Morgan fingerprint density at radius 1 is 1.22 bits per heavy atom. The zero-order valence-corrected chi connectivity index (χ0v) is 13.9. The van der Waals surface area contributed by atoms with Gasteiger partial charge in [-0.3, -0.25) is 4.79 Å². The highest BCUT2D eigenvalue weighted by Crippen LogP contribution is 2.25. The third kappa shape index (κ3) is 4.88. The molecule has 23 heavy (non-hydrogen) atoms. The van der Waals surface area contributed by atoms with E-state index in [2.05, 4.69) is 16.7 Å². The Labute approximate surface area is 145 Å². The molecule has 1 amide bonds. The van der Waals surface area contributed by atoms with Gasteiger partial charge in [0.2, 0.25) is 5.91 Å². The second kappa shape index (κ2) is 7.87. The van der Waals surface area contributed by atoms with Crippen molar-refractivity contribution in [3.05, 3.63) is 58.1 Å². The number of carbonyl (C=O) groups is 1. The molecule has 1 atom stereocenters. The van der Waals surface area contributed by atoms with Gasteiger partial charge in [-0.05, 0) is 42.8 Å². The van der Waals surface area contributed by atoms with Crippen molar-refractivity contribution in [2.75, 3.05) is 10.6 Å². The van der Waals surface area contributed by atoms with E-state index in [0.29, 0.717) is 22.2 Å². The fourth-order valence-electron chi connectivity index (χ4n) is 1.96. The molecule has 2 N–H and O–H groups in total. The Hall–Kier alpha value is -2.22. The number of carbonyl (C=O) groups excluding carboxylic acids is 1. The molecule has 0 spiro atoms. The van der Waals surface area contributed by atoms with Crippen molar-refractivity contribution in [1.29, 1.82) is 5.26 Å². The molecule has 0 saturated heterocycles. The number of hydrogen-bond acceptors (Lipinski definition) is 3. The average molecular weight is 348 g/mol. The van der Waals surface area contributed by atoms with Gasteiger partial charge in [-0.15, -0.1) is 0 Å². The second-order valence-electron chi connectivity index (χ2n) is 5.01. The van der Waals surface area contributed by atoms with Crippen LogP contribution >= 0.6 is 23.2 Å². The highest BCUT2D eigenvalue weighted by molar-refractivity contribution is 6.35. The van der Waals surface area contributed by atoms with Crippen molar-refractivity contribution >= 4 is 40.5 Å². The number of nitrogens with one attached hydrogen (secondary N) is 2. The molecule has 1 unspecified atom stereocenters. The zero-order chi connectivity index (χ0) is 16.8. The van der Waals surface area contributed by atoms with Crippen molar-refractivity contribution in [1.82, 2.24) is 0 Å². The zero-order valence-electron chi connectivity index (χ0n) is 12.4. The number of halogens is 2. The summed E-state index contributed by atoms with van der Waals surface area (Å²) in [7, 11) is 0. The molecule has 0 saturated carbocycles. The summed E-state index contributed by atoms with van der Waals surface area (Å²) < 4.78 is 0. The number of rotatable bonds is 5. The molecular weight excluding hydrogens is 333 g/mol. The first kappa shape index (κ1) is 17.1. The summed E-state index contributed by atoms with van der Waals surface area (Å²) >= 11 is 11.9. The number of benzene rings is 2. The monoisotopic (exact) mass is 347 g/mol. The SMILES string of the molecule is CC(Nc1ccc(CC#N)cc1)C(=O)Nc1cc(Cl)ccc1Cl. The molecule has 0 heterocycles. The maximum atomic E-state index is 12.2. The molecule has 0 aliphatic rings. The van der Waals surface area contributed by atoms with Crippen molar-refractivity contribution in [3.63, 3.8) is 0 Å². The summed E-state index contributed by atoms with van der Waals surface area (Å²) in [5.74, 6) is -0.227. The van der Waals surface area contributed by atoms with Crippen LogP contribution in [0.3, 0.4) is 0 Å². The van der Waals surface area contributed by atoms with E-state index < -0.39 is 6.04 Å². The standard InChI is InChI=1S/C17H15Cl2N3O/c1-11(21-14-5-2-12(3-6-14)8-9-20)17(23)22-16-10-13(18)4-7-15(16)19/h2-7,10-11,21H,8H2,1H3,(H,22,23). The highest BCUT2D eigenvalue weighted by Gasteiger charge is 2.14. The second-order valence-corrected chi connectivity index (χ2v) is 5.85. The average Bonchev–Trinajstić information content (AvgIpc) is 2.53. The summed E-state index contributed by atoms with van der Waals surface area (Å²) in [6.45, 7) is 1.75. The fourth-order valence-corrected chi connectivity index (χ4v) is 2.30. The van der Waals surface area contributed by atoms with Crippen LogP contribution in [0.5, 0.6) is 0 Å². The number of nitrogens with zero attached hydrogens (tertiary/aromatic N) is 1. The third-order valence-electron chi connectivity index (χ3n) is 3.20. The van der Waals surface area contributed by atoms with Gasteiger partial charge in [0, 0.05) is 10.7 Å². The van der Waals surface area contributed by atoms with E-state index in [0.717, 1.165) is 11.3 Å². The Bertz CT molecular complexity index is 738. The predicted molar refractivity (Wildman–Crippen MR) is 93.9 cm³/mol. The van der Waals surface area contributed by atoms with Gasteiger partial charge in [0.1, 0.15) is 6.04 Å². The van der Waals surface area contributed by atoms with E-state index in [1.807, 2.05) is 24.3 Å².